The Hall–Kier alpha value is -2.58. The van der Waals surface area contributed by atoms with Crippen molar-refractivity contribution in [3.05, 3.63) is 36.2 Å². The molecule has 6 nitrogen and oxygen atoms in total. The van der Waals surface area contributed by atoms with Gasteiger partial charge in [0, 0.05) is 18.7 Å². The second-order valence-electron chi connectivity index (χ2n) is 5.02. The van der Waals surface area contributed by atoms with Gasteiger partial charge in [0.1, 0.15) is 6.33 Å². The number of H-pyrrole nitrogens is 1. The highest BCUT2D eigenvalue weighted by molar-refractivity contribution is 5.79. The van der Waals surface area contributed by atoms with Crippen molar-refractivity contribution < 1.29 is 13.2 Å². The molecule has 130 valence electrons. The molecule has 0 radical (unpaired) electrons. The Balaban J connectivity index is 1.99. The quantitative estimate of drug-likeness (QED) is 0.558. The predicted octanol–water partition coefficient (Wildman–Crippen LogP) is 2.48. The van der Waals surface area contributed by atoms with Gasteiger partial charge in [-0.1, -0.05) is 18.2 Å². The highest BCUT2D eigenvalue weighted by atomic mass is 19.4. The van der Waals surface area contributed by atoms with E-state index in [4.69, 9.17) is 0 Å². The Morgan fingerprint density at radius 1 is 1.29 bits per heavy atom. The van der Waals surface area contributed by atoms with Crippen molar-refractivity contribution in [3.63, 3.8) is 0 Å². The zero-order valence-electron chi connectivity index (χ0n) is 13.2. The van der Waals surface area contributed by atoms with Crippen LogP contribution in [0.1, 0.15) is 18.9 Å². The van der Waals surface area contributed by atoms with Crippen molar-refractivity contribution in [1.82, 2.24) is 25.8 Å². The zero-order chi connectivity index (χ0) is 17.4. The largest absolute Gasteiger partial charge is 0.390 e. The summed E-state index contributed by atoms with van der Waals surface area (Å²) in [6, 6.07) is 7.55. The van der Waals surface area contributed by atoms with E-state index in [0.717, 1.165) is 11.1 Å². The topological polar surface area (TPSA) is 78.0 Å². The van der Waals surface area contributed by atoms with Gasteiger partial charge in [-0.3, -0.25) is 5.10 Å². The van der Waals surface area contributed by atoms with Crippen LogP contribution in [-0.4, -0.2) is 40.4 Å². The number of aromatic nitrogens is 3. The number of halogens is 3. The Morgan fingerprint density at radius 2 is 2.12 bits per heavy atom. The van der Waals surface area contributed by atoms with Gasteiger partial charge in [-0.15, -0.1) is 0 Å². The highest BCUT2D eigenvalue weighted by Crippen LogP contribution is 2.18. The van der Waals surface area contributed by atoms with E-state index in [0.29, 0.717) is 24.9 Å². The first kappa shape index (κ1) is 17.8. The fourth-order valence-corrected chi connectivity index (χ4v) is 2.00. The smallest absolute Gasteiger partial charge is 0.357 e. The second-order valence-corrected chi connectivity index (χ2v) is 5.02. The molecule has 1 aromatic carbocycles. The molecule has 0 aliphatic heterocycles. The van der Waals surface area contributed by atoms with E-state index in [1.807, 2.05) is 31.2 Å². The predicted molar refractivity (Wildman–Crippen MR) is 85.3 cm³/mol. The molecule has 1 aromatic heterocycles. The minimum atomic E-state index is -4.18. The summed E-state index contributed by atoms with van der Waals surface area (Å²) in [6.07, 6.45) is -3.66. The molecule has 2 aromatic rings. The Morgan fingerprint density at radius 3 is 2.79 bits per heavy atom. The summed E-state index contributed by atoms with van der Waals surface area (Å²) in [6.45, 7) is 2.54. The van der Waals surface area contributed by atoms with Crippen LogP contribution in [-0.2, 0) is 6.54 Å². The fraction of sp³-hybridized carbons (Fsp3) is 0.400. The maximum Gasteiger partial charge on any atom is 0.390 e. The number of rotatable bonds is 6. The van der Waals surface area contributed by atoms with Gasteiger partial charge in [-0.05, 0) is 18.6 Å². The third-order valence-electron chi connectivity index (χ3n) is 3.08. The van der Waals surface area contributed by atoms with Crippen molar-refractivity contribution in [3.8, 4) is 11.4 Å². The average Bonchev–Trinajstić information content (AvgIpc) is 3.06. The molecule has 0 spiro atoms. The van der Waals surface area contributed by atoms with Crippen LogP contribution in [0.3, 0.4) is 0 Å². The average molecular weight is 340 g/mol. The fourth-order valence-electron chi connectivity index (χ4n) is 2.00. The molecule has 24 heavy (non-hydrogen) atoms. The first-order valence-corrected chi connectivity index (χ1v) is 7.51. The van der Waals surface area contributed by atoms with Gasteiger partial charge < -0.3 is 10.6 Å². The number of hydrogen-bond donors (Lipinski definition) is 3. The van der Waals surface area contributed by atoms with Crippen LogP contribution >= 0.6 is 0 Å². The first-order valence-electron chi connectivity index (χ1n) is 7.51. The molecule has 0 saturated heterocycles. The van der Waals surface area contributed by atoms with Gasteiger partial charge in [-0.25, -0.2) is 9.98 Å². The molecule has 9 heteroatoms. The summed E-state index contributed by atoms with van der Waals surface area (Å²) >= 11 is 0. The number of alkyl halides is 3. The molecule has 0 unspecified atom stereocenters. The van der Waals surface area contributed by atoms with Crippen molar-refractivity contribution in [2.75, 3.05) is 13.1 Å². The van der Waals surface area contributed by atoms with Crippen molar-refractivity contribution >= 4 is 5.96 Å². The van der Waals surface area contributed by atoms with Crippen LogP contribution in [0.25, 0.3) is 11.4 Å². The van der Waals surface area contributed by atoms with E-state index in [1.165, 1.54) is 6.33 Å². The molecular formula is C15H19F3N6. The molecule has 2 rings (SSSR count). The molecule has 1 heterocycles. The monoisotopic (exact) mass is 340 g/mol. The lowest BCUT2D eigenvalue weighted by Crippen LogP contribution is -2.38. The van der Waals surface area contributed by atoms with Gasteiger partial charge in [0.2, 0.25) is 0 Å². The molecule has 0 bridgehead atoms. The summed E-state index contributed by atoms with van der Waals surface area (Å²) < 4.78 is 36.6. The minimum absolute atomic E-state index is 0.215. The number of aliphatic imine (C=N–C) groups is 1. The Labute approximate surface area is 137 Å². The van der Waals surface area contributed by atoms with Crippen LogP contribution in [0.2, 0.25) is 0 Å². The highest BCUT2D eigenvalue weighted by Gasteiger charge is 2.26. The standard InChI is InChI=1S/C15H19F3N6/c1-2-19-14(20-7-6-15(16,17)18)21-9-11-4-3-5-12(8-11)13-22-10-23-24-13/h3-5,8,10H,2,6-7,9H2,1H3,(H2,19,20,21)(H,22,23,24). The van der Waals surface area contributed by atoms with Gasteiger partial charge in [-0.2, -0.15) is 18.3 Å². The van der Waals surface area contributed by atoms with Gasteiger partial charge in [0.25, 0.3) is 0 Å². The SMILES string of the molecule is CCNC(=NCc1cccc(-c2ncn[nH]2)c1)NCCC(F)(F)F. The number of benzene rings is 1. The van der Waals surface area contributed by atoms with E-state index in [9.17, 15) is 13.2 Å². The summed E-state index contributed by atoms with van der Waals surface area (Å²) in [5.41, 5.74) is 1.78. The van der Waals surface area contributed by atoms with Gasteiger partial charge in [0.05, 0.1) is 13.0 Å². The summed E-state index contributed by atoms with van der Waals surface area (Å²) in [4.78, 5) is 8.39. The maximum atomic E-state index is 12.2. The van der Waals surface area contributed by atoms with Gasteiger partial charge >= 0.3 is 6.18 Å². The zero-order valence-corrected chi connectivity index (χ0v) is 13.2. The molecule has 0 fully saturated rings. The van der Waals surface area contributed by atoms with E-state index in [1.54, 1.807) is 0 Å². The summed E-state index contributed by atoms with van der Waals surface area (Å²) in [5, 5.41) is 12.2. The lowest BCUT2D eigenvalue weighted by Gasteiger charge is -2.12. The Kier molecular flexibility index (Phi) is 6.16. The third-order valence-corrected chi connectivity index (χ3v) is 3.08. The molecular weight excluding hydrogens is 321 g/mol. The second kappa shape index (κ2) is 8.32. The van der Waals surface area contributed by atoms with Crippen LogP contribution in [0, 0.1) is 0 Å². The van der Waals surface area contributed by atoms with Crippen LogP contribution in [0.5, 0.6) is 0 Å². The molecule has 3 N–H and O–H groups in total. The molecule has 0 aliphatic carbocycles. The molecule has 0 aliphatic rings. The number of nitrogens with one attached hydrogen (secondary N) is 3. The van der Waals surface area contributed by atoms with E-state index >= 15 is 0 Å². The van der Waals surface area contributed by atoms with Crippen molar-refractivity contribution in [2.24, 2.45) is 4.99 Å². The van der Waals surface area contributed by atoms with E-state index < -0.39 is 12.6 Å². The molecule has 0 atom stereocenters. The third kappa shape index (κ3) is 5.90. The number of guanidine groups is 1. The van der Waals surface area contributed by atoms with Crippen molar-refractivity contribution in [2.45, 2.75) is 26.1 Å². The summed E-state index contributed by atoms with van der Waals surface area (Å²) in [5.74, 6) is 1.00. The number of nitrogens with zero attached hydrogens (tertiary/aromatic N) is 3. The normalized spacial score (nSPS) is 12.2. The van der Waals surface area contributed by atoms with E-state index in [2.05, 4.69) is 30.8 Å². The lowest BCUT2D eigenvalue weighted by atomic mass is 10.1. The molecule has 0 saturated carbocycles. The minimum Gasteiger partial charge on any atom is -0.357 e. The Bertz CT molecular complexity index is 651. The van der Waals surface area contributed by atoms with Crippen LogP contribution < -0.4 is 10.6 Å². The van der Waals surface area contributed by atoms with Crippen LogP contribution in [0.15, 0.2) is 35.6 Å². The van der Waals surface area contributed by atoms with Gasteiger partial charge in [0.15, 0.2) is 11.8 Å². The number of aromatic amines is 1. The lowest BCUT2D eigenvalue weighted by molar-refractivity contribution is -0.132. The van der Waals surface area contributed by atoms with Crippen LogP contribution in [0.4, 0.5) is 13.2 Å². The van der Waals surface area contributed by atoms with Crippen molar-refractivity contribution in [1.29, 1.82) is 0 Å². The molecule has 0 amide bonds. The maximum absolute atomic E-state index is 12.2. The van der Waals surface area contributed by atoms with E-state index in [-0.39, 0.29) is 6.54 Å². The first-order chi connectivity index (χ1) is 11.5. The number of hydrogen-bond acceptors (Lipinski definition) is 3. The summed E-state index contributed by atoms with van der Waals surface area (Å²) in [7, 11) is 0.